The minimum atomic E-state index is -0.291. The van der Waals surface area contributed by atoms with Crippen LogP contribution in [-0.2, 0) is 20.7 Å². The summed E-state index contributed by atoms with van der Waals surface area (Å²) in [5.41, 5.74) is 2.58. The van der Waals surface area contributed by atoms with E-state index in [-0.39, 0.29) is 29.5 Å². The van der Waals surface area contributed by atoms with Crippen molar-refractivity contribution in [2.75, 3.05) is 13.7 Å². The number of carbonyl (C=O) groups excluding carboxylic acids is 2. The molecule has 2 aromatic heterocycles. The average molecular weight is 384 g/mol. The van der Waals surface area contributed by atoms with Crippen molar-refractivity contribution in [3.63, 3.8) is 0 Å². The van der Waals surface area contributed by atoms with Gasteiger partial charge in [-0.1, -0.05) is 6.07 Å². The molecule has 7 nitrogen and oxygen atoms in total. The lowest BCUT2D eigenvalue weighted by molar-refractivity contribution is -0.137. The maximum absolute atomic E-state index is 13.2. The van der Waals surface area contributed by atoms with Crippen LogP contribution in [0.3, 0.4) is 0 Å². The summed E-state index contributed by atoms with van der Waals surface area (Å²) in [6.45, 7) is 4.26. The molecule has 7 heteroatoms. The van der Waals surface area contributed by atoms with Gasteiger partial charge in [0.05, 0.1) is 23.8 Å². The first-order chi connectivity index (χ1) is 13.4. The molecule has 0 unspecified atom stereocenters. The van der Waals surface area contributed by atoms with E-state index in [1.807, 2.05) is 34.6 Å². The van der Waals surface area contributed by atoms with Gasteiger partial charge in [0.2, 0.25) is 11.8 Å². The monoisotopic (exact) mass is 384 g/mol. The summed E-state index contributed by atoms with van der Waals surface area (Å²) in [5, 5.41) is 3.02. The van der Waals surface area contributed by atoms with Crippen LogP contribution < -0.4 is 5.32 Å². The molecule has 28 heavy (non-hydrogen) atoms. The SMILES string of the molecule is CO[C@@]12CC[C@@H](NC(C)=O)C[C@@H]1N(C(=O)Cc1cnc3c(C)cccn13)CC2. The summed E-state index contributed by atoms with van der Waals surface area (Å²) in [4.78, 5) is 31.2. The van der Waals surface area contributed by atoms with Gasteiger partial charge < -0.3 is 19.4 Å². The molecule has 1 N–H and O–H groups in total. The van der Waals surface area contributed by atoms with Crippen LogP contribution in [-0.4, -0.2) is 57.4 Å². The molecule has 2 aromatic rings. The second kappa shape index (κ2) is 7.20. The number of rotatable bonds is 4. The van der Waals surface area contributed by atoms with E-state index < -0.39 is 0 Å². The molecule has 1 aliphatic carbocycles. The molecule has 4 rings (SSSR count). The first kappa shape index (κ1) is 18.9. The third kappa shape index (κ3) is 3.17. The molecular formula is C21H28N4O3. The van der Waals surface area contributed by atoms with Crippen LogP contribution in [0.25, 0.3) is 5.65 Å². The maximum Gasteiger partial charge on any atom is 0.228 e. The number of hydrogen-bond acceptors (Lipinski definition) is 4. The Morgan fingerprint density at radius 1 is 1.39 bits per heavy atom. The van der Waals surface area contributed by atoms with Crippen molar-refractivity contribution < 1.29 is 14.3 Å². The lowest BCUT2D eigenvalue weighted by atomic mass is 9.78. The fraction of sp³-hybridized carbons (Fsp3) is 0.571. The van der Waals surface area contributed by atoms with Crippen molar-refractivity contribution in [1.82, 2.24) is 19.6 Å². The van der Waals surface area contributed by atoms with Gasteiger partial charge in [-0.15, -0.1) is 0 Å². The summed E-state index contributed by atoms with van der Waals surface area (Å²) in [6, 6.07) is 4.09. The maximum atomic E-state index is 13.2. The van der Waals surface area contributed by atoms with Gasteiger partial charge in [0, 0.05) is 39.0 Å². The summed E-state index contributed by atoms with van der Waals surface area (Å²) < 4.78 is 7.93. The van der Waals surface area contributed by atoms with Crippen LogP contribution in [0.1, 0.15) is 43.9 Å². The Morgan fingerprint density at radius 3 is 2.96 bits per heavy atom. The van der Waals surface area contributed by atoms with Gasteiger partial charge in [0.25, 0.3) is 0 Å². The van der Waals surface area contributed by atoms with Crippen LogP contribution in [0, 0.1) is 6.92 Å². The normalized spacial score (nSPS) is 27.0. The number of amides is 2. The second-order valence-electron chi connectivity index (χ2n) is 8.10. The van der Waals surface area contributed by atoms with Crippen molar-refractivity contribution in [1.29, 1.82) is 0 Å². The first-order valence-corrected chi connectivity index (χ1v) is 9.97. The average Bonchev–Trinajstić information content (AvgIpc) is 3.24. The van der Waals surface area contributed by atoms with Crippen LogP contribution in [0.15, 0.2) is 24.5 Å². The minimum Gasteiger partial charge on any atom is -0.376 e. The van der Waals surface area contributed by atoms with Gasteiger partial charge in [-0.2, -0.15) is 0 Å². The van der Waals surface area contributed by atoms with Crippen molar-refractivity contribution in [2.45, 2.75) is 63.6 Å². The molecule has 0 aromatic carbocycles. The number of aryl methyl sites for hydroxylation is 1. The lowest BCUT2D eigenvalue weighted by Crippen LogP contribution is -2.55. The number of nitrogens with zero attached hydrogens (tertiary/aromatic N) is 3. The van der Waals surface area contributed by atoms with Crippen LogP contribution in [0.2, 0.25) is 0 Å². The zero-order chi connectivity index (χ0) is 19.9. The molecule has 3 atom stereocenters. The van der Waals surface area contributed by atoms with Crippen LogP contribution in [0.5, 0.6) is 0 Å². The van der Waals surface area contributed by atoms with Crippen molar-refractivity contribution in [3.8, 4) is 0 Å². The number of hydrogen-bond donors (Lipinski definition) is 1. The van der Waals surface area contributed by atoms with E-state index in [1.54, 1.807) is 20.2 Å². The smallest absolute Gasteiger partial charge is 0.228 e. The molecule has 3 heterocycles. The summed E-state index contributed by atoms with van der Waals surface area (Å²) in [5.74, 6) is 0.0718. The number of methoxy groups -OCH3 is 1. The van der Waals surface area contributed by atoms with Crippen LogP contribution >= 0.6 is 0 Å². The highest BCUT2D eigenvalue weighted by Gasteiger charge is 2.52. The molecule has 2 amide bonds. The molecule has 2 fully saturated rings. The molecule has 1 saturated heterocycles. The molecular weight excluding hydrogens is 356 g/mol. The Balaban J connectivity index is 1.54. The standard InChI is InChI=1S/C21H28N4O3/c1-14-5-4-9-24-17(13-22-20(14)24)12-19(27)25-10-8-21(28-3)7-6-16(11-18(21)25)23-15(2)26/h4-5,9,13,16,18H,6-8,10-12H2,1-3H3,(H,23,26)/t16-,18+,21-/m1/s1. The Kier molecular flexibility index (Phi) is 4.87. The predicted molar refractivity (Wildman–Crippen MR) is 105 cm³/mol. The van der Waals surface area contributed by atoms with Gasteiger partial charge in [0.15, 0.2) is 0 Å². The Bertz CT molecular complexity index is 908. The Morgan fingerprint density at radius 2 is 2.21 bits per heavy atom. The molecule has 0 spiro atoms. The topological polar surface area (TPSA) is 75.9 Å². The zero-order valence-corrected chi connectivity index (χ0v) is 16.8. The third-order valence-electron chi connectivity index (χ3n) is 6.46. The van der Waals surface area contributed by atoms with Crippen LogP contribution in [0.4, 0.5) is 0 Å². The minimum absolute atomic E-state index is 0.00322. The largest absolute Gasteiger partial charge is 0.376 e. The fourth-order valence-electron chi connectivity index (χ4n) is 5.00. The number of pyridine rings is 1. The van der Waals surface area contributed by atoms with Gasteiger partial charge in [-0.3, -0.25) is 9.59 Å². The quantitative estimate of drug-likeness (QED) is 0.873. The van der Waals surface area contributed by atoms with Crippen molar-refractivity contribution in [2.24, 2.45) is 0 Å². The number of ether oxygens (including phenoxy) is 1. The van der Waals surface area contributed by atoms with Crippen molar-refractivity contribution >= 4 is 17.5 Å². The number of imidazole rings is 1. The summed E-state index contributed by atoms with van der Waals surface area (Å²) in [7, 11) is 1.74. The molecule has 150 valence electrons. The number of likely N-dealkylation sites (tertiary alicyclic amines) is 1. The molecule has 0 bridgehead atoms. The van der Waals surface area contributed by atoms with Gasteiger partial charge in [0.1, 0.15) is 5.65 Å². The van der Waals surface area contributed by atoms with E-state index in [0.717, 1.165) is 42.6 Å². The van der Waals surface area contributed by atoms with E-state index in [9.17, 15) is 9.59 Å². The van der Waals surface area contributed by atoms with E-state index >= 15 is 0 Å². The molecule has 1 aliphatic heterocycles. The van der Waals surface area contributed by atoms with E-state index in [1.165, 1.54) is 0 Å². The summed E-state index contributed by atoms with van der Waals surface area (Å²) in [6.07, 6.45) is 7.39. The van der Waals surface area contributed by atoms with Crippen molar-refractivity contribution in [3.05, 3.63) is 35.8 Å². The summed E-state index contributed by atoms with van der Waals surface area (Å²) >= 11 is 0. The van der Waals surface area contributed by atoms with Gasteiger partial charge in [-0.25, -0.2) is 4.98 Å². The highest BCUT2D eigenvalue weighted by atomic mass is 16.5. The first-order valence-electron chi connectivity index (χ1n) is 9.97. The third-order valence-corrected chi connectivity index (χ3v) is 6.46. The molecule has 2 aliphatic rings. The Labute approximate surface area is 165 Å². The van der Waals surface area contributed by atoms with E-state index in [0.29, 0.717) is 13.0 Å². The Hall–Kier alpha value is -2.41. The number of carbonyl (C=O) groups is 2. The number of aromatic nitrogens is 2. The fourth-order valence-corrected chi connectivity index (χ4v) is 5.00. The highest BCUT2D eigenvalue weighted by Crippen LogP contribution is 2.42. The van der Waals surface area contributed by atoms with E-state index in [4.69, 9.17) is 4.74 Å². The number of nitrogens with one attached hydrogen (secondary N) is 1. The molecule has 0 radical (unpaired) electrons. The zero-order valence-electron chi connectivity index (χ0n) is 16.8. The second-order valence-corrected chi connectivity index (χ2v) is 8.10. The number of fused-ring (bicyclic) bond motifs is 2. The molecule has 1 saturated carbocycles. The predicted octanol–water partition coefficient (Wildman–Crippen LogP) is 1.86. The van der Waals surface area contributed by atoms with E-state index in [2.05, 4.69) is 10.3 Å². The van der Waals surface area contributed by atoms with Gasteiger partial charge in [-0.05, 0) is 44.2 Å². The highest BCUT2D eigenvalue weighted by molar-refractivity contribution is 5.79. The lowest BCUT2D eigenvalue weighted by Gasteiger charge is -2.43. The van der Waals surface area contributed by atoms with Gasteiger partial charge >= 0.3 is 0 Å².